The first-order valence-electron chi connectivity index (χ1n) is 8.11. The molecule has 1 rings (SSSR count). The number of ether oxygens (including phenoxy) is 1. The summed E-state index contributed by atoms with van der Waals surface area (Å²) in [6.07, 6.45) is 11.2. The highest BCUT2D eigenvalue weighted by molar-refractivity contribution is 5.84. The molecule has 0 aromatic rings. The van der Waals surface area contributed by atoms with Crippen molar-refractivity contribution in [3.05, 3.63) is 23.3 Å². The van der Waals surface area contributed by atoms with E-state index in [-0.39, 0.29) is 5.97 Å². The quantitative estimate of drug-likeness (QED) is 0.436. The molecule has 0 bridgehead atoms. The van der Waals surface area contributed by atoms with Gasteiger partial charge in [-0.3, -0.25) is 0 Å². The van der Waals surface area contributed by atoms with Gasteiger partial charge in [0.15, 0.2) is 0 Å². The summed E-state index contributed by atoms with van der Waals surface area (Å²) < 4.78 is 4.92. The van der Waals surface area contributed by atoms with Gasteiger partial charge in [-0.25, -0.2) is 4.79 Å². The molecule has 0 radical (unpaired) electrons. The molecule has 2 heteroatoms. The molecule has 0 spiro atoms. The van der Waals surface area contributed by atoms with E-state index in [2.05, 4.69) is 26.8 Å². The predicted molar refractivity (Wildman–Crippen MR) is 84.5 cm³/mol. The Balaban J connectivity index is 2.32. The maximum atomic E-state index is 11.3. The van der Waals surface area contributed by atoms with Crippen molar-refractivity contribution in [1.82, 2.24) is 0 Å². The number of esters is 1. The van der Waals surface area contributed by atoms with E-state index in [0.29, 0.717) is 6.61 Å². The van der Waals surface area contributed by atoms with Crippen LogP contribution in [0.25, 0.3) is 0 Å². The fraction of sp³-hybridized carbons (Fsp3) is 0.722. The van der Waals surface area contributed by atoms with Crippen LogP contribution in [0, 0.1) is 11.8 Å². The molecule has 0 N–H and O–H groups in total. The predicted octanol–water partition coefficient (Wildman–Crippen LogP) is 5.05. The van der Waals surface area contributed by atoms with E-state index in [0.717, 1.165) is 23.8 Å². The van der Waals surface area contributed by atoms with Crippen molar-refractivity contribution in [1.29, 1.82) is 0 Å². The molecule has 114 valence electrons. The van der Waals surface area contributed by atoms with Crippen LogP contribution in [0.1, 0.15) is 66.2 Å². The van der Waals surface area contributed by atoms with Crippen molar-refractivity contribution in [3.8, 4) is 0 Å². The molecular weight excluding hydrogens is 248 g/mol. The van der Waals surface area contributed by atoms with Crippen LogP contribution in [0.4, 0.5) is 0 Å². The summed E-state index contributed by atoms with van der Waals surface area (Å²) >= 11 is 0. The third kappa shape index (κ3) is 6.40. The molecule has 0 fully saturated rings. The maximum absolute atomic E-state index is 11.3. The van der Waals surface area contributed by atoms with E-state index in [4.69, 9.17) is 4.74 Å². The summed E-state index contributed by atoms with van der Waals surface area (Å²) in [5.41, 5.74) is 2.62. The minimum absolute atomic E-state index is 0.207. The second kappa shape index (κ2) is 8.99. The lowest BCUT2D eigenvalue weighted by Gasteiger charge is -2.23. The molecule has 1 atom stereocenters. The molecule has 1 unspecified atom stereocenters. The zero-order chi connectivity index (χ0) is 15.0. The Labute approximate surface area is 124 Å². The maximum Gasteiger partial charge on any atom is 0.331 e. The third-order valence-corrected chi connectivity index (χ3v) is 3.93. The summed E-state index contributed by atoms with van der Waals surface area (Å²) in [6.45, 7) is 9.16. The summed E-state index contributed by atoms with van der Waals surface area (Å²) in [6, 6.07) is 0. The number of carbonyl (C=O) groups excluding carboxylic acids is 1. The number of carbonyl (C=O) groups is 1. The van der Waals surface area contributed by atoms with Crippen LogP contribution in [0.2, 0.25) is 0 Å². The van der Waals surface area contributed by atoms with Crippen LogP contribution in [-0.4, -0.2) is 12.6 Å². The highest BCUT2D eigenvalue weighted by Crippen LogP contribution is 2.33. The van der Waals surface area contributed by atoms with Crippen molar-refractivity contribution < 1.29 is 9.53 Å². The molecular formula is C18H30O2. The van der Waals surface area contributed by atoms with Crippen LogP contribution >= 0.6 is 0 Å². The van der Waals surface area contributed by atoms with Crippen molar-refractivity contribution in [2.24, 2.45) is 11.8 Å². The van der Waals surface area contributed by atoms with E-state index in [1.807, 2.05) is 6.92 Å². The van der Waals surface area contributed by atoms with Gasteiger partial charge in [-0.05, 0) is 37.2 Å². The van der Waals surface area contributed by atoms with E-state index in [9.17, 15) is 4.79 Å². The van der Waals surface area contributed by atoms with Gasteiger partial charge in [0.2, 0.25) is 0 Å². The average Bonchev–Trinajstić information content (AvgIpc) is 2.34. The lowest BCUT2D eigenvalue weighted by Crippen LogP contribution is -2.09. The largest absolute Gasteiger partial charge is 0.463 e. The van der Waals surface area contributed by atoms with Crippen LogP contribution in [0.5, 0.6) is 0 Å². The van der Waals surface area contributed by atoms with Crippen molar-refractivity contribution in [2.45, 2.75) is 66.2 Å². The molecule has 1 aliphatic rings. The number of hydrogen-bond acceptors (Lipinski definition) is 2. The van der Waals surface area contributed by atoms with Gasteiger partial charge in [-0.1, -0.05) is 58.1 Å². The van der Waals surface area contributed by atoms with Gasteiger partial charge in [0.25, 0.3) is 0 Å². The Morgan fingerprint density at radius 2 is 2.05 bits per heavy atom. The fourth-order valence-electron chi connectivity index (χ4n) is 2.69. The van der Waals surface area contributed by atoms with Crippen molar-refractivity contribution >= 4 is 5.97 Å². The first-order valence-corrected chi connectivity index (χ1v) is 8.11. The van der Waals surface area contributed by atoms with E-state index < -0.39 is 0 Å². The number of allylic oxidation sites excluding steroid dienone is 3. The average molecular weight is 278 g/mol. The first-order chi connectivity index (χ1) is 9.55. The normalized spacial score (nSPS) is 17.9. The molecule has 0 saturated carbocycles. The monoisotopic (exact) mass is 278 g/mol. The topological polar surface area (TPSA) is 26.3 Å². The highest BCUT2D eigenvalue weighted by Gasteiger charge is 2.17. The second-order valence-corrected chi connectivity index (χ2v) is 6.25. The minimum Gasteiger partial charge on any atom is -0.463 e. The molecule has 0 heterocycles. The van der Waals surface area contributed by atoms with Gasteiger partial charge in [0, 0.05) is 6.08 Å². The fourth-order valence-corrected chi connectivity index (χ4v) is 2.69. The SMILES string of the molecule is CCOC(=O)C=C1C=C(CC(CC)CCCC(C)C)C1. The zero-order valence-electron chi connectivity index (χ0n) is 13.6. The Bertz CT molecular complexity index is 364. The van der Waals surface area contributed by atoms with Gasteiger partial charge >= 0.3 is 5.97 Å². The lowest BCUT2D eigenvalue weighted by atomic mass is 9.82. The second-order valence-electron chi connectivity index (χ2n) is 6.25. The molecule has 0 amide bonds. The Kier molecular flexibility index (Phi) is 7.64. The van der Waals surface area contributed by atoms with Crippen molar-refractivity contribution in [2.75, 3.05) is 6.61 Å². The Hall–Kier alpha value is -1.05. The van der Waals surface area contributed by atoms with Crippen LogP contribution < -0.4 is 0 Å². The molecule has 0 aromatic carbocycles. The molecule has 2 nitrogen and oxygen atoms in total. The van der Waals surface area contributed by atoms with Gasteiger partial charge in [-0.15, -0.1) is 0 Å². The highest BCUT2D eigenvalue weighted by atomic mass is 16.5. The van der Waals surface area contributed by atoms with Crippen LogP contribution in [0.3, 0.4) is 0 Å². The van der Waals surface area contributed by atoms with Crippen molar-refractivity contribution in [3.63, 3.8) is 0 Å². The molecule has 0 aromatic heterocycles. The zero-order valence-corrected chi connectivity index (χ0v) is 13.6. The Morgan fingerprint density at radius 1 is 1.35 bits per heavy atom. The minimum atomic E-state index is -0.207. The van der Waals surface area contributed by atoms with Gasteiger partial charge in [0.1, 0.15) is 0 Å². The van der Waals surface area contributed by atoms with Crippen LogP contribution in [-0.2, 0) is 9.53 Å². The van der Waals surface area contributed by atoms with Gasteiger partial charge in [-0.2, -0.15) is 0 Å². The summed E-state index contributed by atoms with van der Waals surface area (Å²) in [5, 5.41) is 0. The molecule has 20 heavy (non-hydrogen) atoms. The van der Waals surface area contributed by atoms with Gasteiger partial charge < -0.3 is 4.74 Å². The smallest absolute Gasteiger partial charge is 0.331 e. The van der Waals surface area contributed by atoms with E-state index in [1.54, 1.807) is 6.08 Å². The summed E-state index contributed by atoms with van der Waals surface area (Å²) in [5.74, 6) is 1.42. The standard InChI is InChI=1S/C18H30O2/c1-5-15(9-7-8-14(3)4)10-16-11-17(12-16)13-18(19)20-6-2/h11,13-15H,5-10,12H2,1-4H3. The van der Waals surface area contributed by atoms with Gasteiger partial charge in [0.05, 0.1) is 6.61 Å². The summed E-state index contributed by atoms with van der Waals surface area (Å²) in [4.78, 5) is 11.3. The Morgan fingerprint density at radius 3 is 2.60 bits per heavy atom. The van der Waals surface area contributed by atoms with E-state index in [1.165, 1.54) is 37.7 Å². The van der Waals surface area contributed by atoms with Crippen LogP contribution in [0.15, 0.2) is 23.3 Å². The molecule has 0 saturated heterocycles. The third-order valence-electron chi connectivity index (χ3n) is 3.93. The molecule has 0 aliphatic heterocycles. The van der Waals surface area contributed by atoms with E-state index >= 15 is 0 Å². The first kappa shape index (κ1) is 17.0. The number of hydrogen-bond donors (Lipinski definition) is 0. The number of rotatable bonds is 9. The lowest BCUT2D eigenvalue weighted by molar-refractivity contribution is -0.137. The summed E-state index contributed by atoms with van der Waals surface area (Å²) in [7, 11) is 0. The molecule has 1 aliphatic carbocycles.